The summed E-state index contributed by atoms with van der Waals surface area (Å²) in [6.45, 7) is 5.50. The van der Waals surface area contributed by atoms with E-state index >= 15 is 0 Å². The van der Waals surface area contributed by atoms with Crippen molar-refractivity contribution in [3.05, 3.63) is 119 Å². The third-order valence-corrected chi connectivity index (χ3v) is 10.4. The van der Waals surface area contributed by atoms with Gasteiger partial charge in [-0.15, -0.1) is 0 Å². The lowest BCUT2D eigenvalue weighted by Crippen LogP contribution is -2.29. The van der Waals surface area contributed by atoms with Gasteiger partial charge in [0.05, 0.1) is 22.5 Å². The van der Waals surface area contributed by atoms with Crippen LogP contribution in [0.15, 0.2) is 97.2 Å². The molecule has 2 amide bonds. The van der Waals surface area contributed by atoms with Gasteiger partial charge in [-0.05, 0) is 97.8 Å². The molecule has 0 aliphatic carbocycles. The van der Waals surface area contributed by atoms with Crippen molar-refractivity contribution in [2.75, 3.05) is 16.2 Å². The number of anilines is 2. The molecule has 2 heterocycles. The molecule has 1 unspecified atom stereocenters. The Hall–Kier alpha value is -4.84. The van der Waals surface area contributed by atoms with Crippen LogP contribution < -0.4 is 14.3 Å². The Labute approximate surface area is 307 Å². The number of aromatic nitrogens is 2. The van der Waals surface area contributed by atoms with Gasteiger partial charge >= 0.3 is 16.3 Å². The number of hydrogen-bond donors (Lipinski definition) is 2. The fourth-order valence-corrected chi connectivity index (χ4v) is 7.64. The smallest absolute Gasteiger partial charge is 0.411 e. The van der Waals surface area contributed by atoms with Crippen LogP contribution in [0.1, 0.15) is 38.6 Å². The molecular weight excluding hydrogens is 709 g/mol. The first-order chi connectivity index (χ1) is 24.4. The first-order valence-corrected chi connectivity index (χ1v) is 18.7. The van der Waals surface area contributed by atoms with E-state index in [1.165, 1.54) is 0 Å². The minimum absolute atomic E-state index is 0.190. The molecule has 4 aromatic carbocycles. The molecule has 1 aromatic heterocycles. The molecule has 0 bridgehead atoms. The third kappa shape index (κ3) is 8.56. The molecule has 1 aliphatic heterocycles. The van der Waals surface area contributed by atoms with Crippen molar-refractivity contribution >= 4 is 56.8 Å². The van der Waals surface area contributed by atoms with E-state index in [-0.39, 0.29) is 18.6 Å². The van der Waals surface area contributed by atoms with E-state index in [0.29, 0.717) is 40.0 Å². The van der Waals surface area contributed by atoms with Crippen LogP contribution in [0.5, 0.6) is 0 Å². The first kappa shape index (κ1) is 36.0. The zero-order valence-corrected chi connectivity index (χ0v) is 30.6. The van der Waals surface area contributed by atoms with Crippen molar-refractivity contribution in [3.8, 4) is 28.1 Å². The lowest BCUT2D eigenvalue weighted by atomic mass is 9.93. The van der Waals surface area contributed by atoms with Crippen LogP contribution in [0, 0.1) is 5.92 Å². The Bertz CT molecular complexity index is 2170. The molecule has 1 saturated heterocycles. The van der Waals surface area contributed by atoms with Crippen LogP contribution >= 0.6 is 23.2 Å². The highest BCUT2D eigenvalue weighted by Gasteiger charge is 2.34. The highest BCUT2D eigenvalue weighted by atomic mass is 35.5. The number of rotatable bonds is 11. The molecule has 6 rings (SSSR count). The van der Waals surface area contributed by atoms with Crippen molar-refractivity contribution in [1.82, 2.24) is 14.3 Å². The Kier molecular flexibility index (Phi) is 10.7. The predicted octanol–water partition coefficient (Wildman–Crippen LogP) is 8.46. The minimum Gasteiger partial charge on any atom is -0.447 e. The summed E-state index contributed by atoms with van der Waals surface area (Å²) in [4.78, 5) is 29.5. The molecule has 1 fully saturated rings. The summed E-state index contributed by atoms with van der Waals surface area (Å²) in [6, 6.07) is 28.2. The molecule has 13 heteroatoms. The molecule has 264 valence electrons. The van der Waals surface area contributed by atoms with E-state index < -0.39 is 22.2 Å². The van der Waals surface area contributed by atoms with E-state index in [0.717, 1.165) is 44.5 Å². The van der Waals surface area contributed by atoms with Crippen LogP contribution in [0.2, 0.25) is 10.0 Å². The van der Waals surface area contributed by atoms with Crippen molar-refractivity contribution in [2.24, 2.45) is 5.92 Å². The number of nitrogens with zero attached hydrogens (tertiary/aromatic N) is 3. The van der Waals surface area contributed by atoms with Gasteiger partial charge in [0.1, 0.15) is 12.4 Å². The summed E-state index contributed by atoms with van der Waals surface area (Å²) < 4.78 is 35.2. The molecule has 10 nitrogen and oxygen atoms in total. The van der Waals surface area contributed by atoms with Crippen LogP contribution in [0.4, 0.5) is 16.2 Å². The lowest BCUT2D eigenvalue weighted by Gasteiger charge is -2.18. The van der Waals surface area contributed by atoms with Crippen LogP contribution in [0.25, 0.3) is 28.1 Å². The van der Waals surface area contributed by atoms with E-state index in [1.54, 1.807) is 36.4 Å². The number of halogens is 2. The topological polar surface area (TPSA) is 123 Å². The zero-order valence-electron chi connectivity index (χ0n) is 28.3. The lowest BCUT2D eigenvalue weighted by molar-refractivity contribution is -0.117. The molecule has 2 N–H and O–H groups in total. The fourth-order valence-electron chi connectivity index (χ4n) is 5.99. The van der Waals surface area contributed by atoms with Gasteiger partial charge in [0.15, 0.2) is 0 Å². The molecule has 0 spiro atoms. The van der Waals surface area contributed by atoms with Gasteiger partial charge in [-0.25, -0.2) is 18.8 Å². The highest BCUT2D eigenvalue weighted by Crippen LogP contribution is 2.33. The molecular formula is C38H37Cl2N5O5S. The second-order valence-electron chi connectivity index (χ2n) is 12.8. The Morgan fingerprint density at radius 1 is 0.941 bits per heavy atom. The quantitative estimate of drug-likeness (QED) is 0.140. The average Bonchev–Trinajstić information content (AvgIpc) is 3.63. The number of aryl methyl sites for hydroxylation is 1. The van der Waals surface area contributed by atoms with Crippen LogP contribution in [-0.4, -0.2) is 42.6 Å². The average molecular weight is 747 g/mol. The van der Waals surface area contributed by atoms with Crippen molar-refractivity contribution in [1.29, 1.82) is 0 Å². The third-order valence-electron chi connectivity index (χ3n) is 8.45. The first-order valence-electron chi connectivity index (χ1n) is 16.5. The van der Waals surface area contributed by atoms with E-state index in [2.05, 4.69) is 24.4 Å². The Morgan fingerprint density at radius 3 is 2.33 bits per heavy atom. The van der Waals surface area contributed by atoms with Gasteiger partial charge in [0.2, 0.25) is 0 Å². The molecule has 1 atom stereocenters. The number of imidazole rings is 1. The summed E-state index contributed by atoms with van der Waals surface area (Å²) in [5, 5.41) is 3.94. The van der Waals surface area contributed by atoms with E-state index in [1.807, 2.05) is 71.8 Å². The van der Waals surface area contributed by atoms with Crippen molar-refractivity contribution in [2.45, 2.75) is 46.1 Å². The van der Waals surface area contributed by atoms with Crippen molar-refractivity contribution in [3.63, 3.8) is 0 Å². The molecule has 51 heavy (non-hydrogen) atoms. The van der Waals surface area contributed by atoms with Gasteiger partial charge in [0.25, 0.3) is 5.91 Å². The molecule has 5 aromatic rings. The van der Waals surface area contributed by atoms with E-state index in [4.69, 9.17) is 32.9 Å². The number of amides is 2. The predicted molar refractivity (Wildman–Crippen MR) is 202 cm³/mol. The largest absolute Gasteiger partial charge is 0.447 e. The summed E-state index contributed by atoms with van der Waals surface area (Å²) in [7, 11) is -3.93. The monoisotopic (exact) mass is 745 g/mol. The molecule has 0 radical (unpaired) electrons. The number of nitrogens with one attached hydrogen (secondary N) is 2. The number of carbonyl (C=O) groups is 2. The molecule has 1 aliphatic rings. The maximum absolute atomic E-state index is 12.7. The van der Waals surface area contributed by atoms with Crippen molar-refractivity contribution < 1.29 is 22.7 Å². The summed E-state index contributed by atoms with van der Waals surface area (Å²) >= 11 is 12.8. The standard InChI is InChI=1S/C38H37Cl2N5O5S/c1-24(2)50-38(47)42-34-20-27(26-7-5-4-6-8-26)10-11-28(34)19-25(3)9-18-36-41-35(32-17-12-29(39)21-33(32)40)22-44(36)30-13-15-31(16-14-30)45-23-37(46)43-51(45,48)49/h4-8,10-17,20-22,24-25H,9,18-19,23H2,1-3H3,(H,42,47)(H,43,46). The van der Waals surface area contributed by atoms with Gasteiger partial charge in [0, 0.05) is 34.6 Å². The SMILES string of the molecule is CC(CCc1nc(-c2ccc(Cl)cc2Cl)cn1-c1ccc(N2CC(=O)NS2(=O)=O)cc1)Cc1ccc(-c2ccccc2)cc1NC(=O)OC(C)C. The van der Waals surface area contributed by atoms with Gasteiger partial charge < -0.3 is 9.30 Å². The van der Waals surface area contributed by atoms with Gasteiger partial charge in [-0.3, -0.25) is 10.1 Å². The maximum Gasteiger partial charge on any atom is 0.411 e. The second-order valence-corrected chi connectivity index (χ2v) is 15.2. The normalized spacial score (nSPS) is 14.4. The summed E-state index contributed by atoms with van der Waals surface area (Å²) in [5.74, 6) is 0.384. The van der Waals surface area contributed by atoms with Gasteiger partial charge in [-0.1, -0.05) is 72.6 Å². The second kappa shape index (κ2) is 15.2. The number of benzene rings is 4. The Morgan fingerprint density at radius 2 is 1.67 bits per heavy atom. The van der Waals surface area contributed by atoms with Crippen LogP contribution in [-0.2, 0) is 32.6 Å². The number of carbonyl (C=O) groups excluding carboxylic acids is 2. The minimum atomic E-state index is -3.93. The van der Waals surface area contributed by atoms with E-state index in [9.17, 15) is 18.0 Å². The van der Waals surface area contributed by atoms with Gasteiger partial charge in [-0.2, -0.15) is 8.42 Å². The summed E-state index contributed by atoms with van der Waals surface area (Å²) in [6.07, 6.45) is 3.19. The fraction of sp³-hybridized carbons (Fsp3) is 0.237. The Balaban J connectivity index is 1.26. The maximum atomic E-state index is 12.7. The summed E-state index contributed by atoms with van der Waals surface area (Å²) in [5.41, 5.74) is 6.22. The van der Waals surface area contributed by atoms with Crippen LogP contribution in [0.3, 0.4) is 0 Å². The number of hydrogen-bond acceptors (Lipinski definition) is 6. The zero-order chi connectivity index (χ0) is 36.3. The number of ether oxygens (including phenoxy) is 1. The highest BCUT2D eigenvalue weighted by molar-refractivity contribution is 7.92. The molecule has 0 saturated carbocycles.